The zero-order valence-electron chi connectivity index (χ0n) is 12.6. The molecule has 0 spiro atoms. The monoisotopic (exact) mass is 304 g/mol. The van der Waals surface area contributed by atoms with E-state index in [9.17, 15) is 5.21 Å². The SMILES string of the molecule is CC1=NN=C(c2ccccc2)[C@@H](c2c[nH]c3ccccc23)N1O. The van der Waals surface area contributed by atoms with Crippen LogP contribution >= 0.6 is 0 Å². The van der Waals surface area contributed by atoms with Crippen molar-refractivity contribution in [3.63, 3.8) is 0 Å². The van der Waals surface area contributed by atoms with E-state index in [1.54, 1.807) is 6.92 Å². The summed E-state index contributed by atoms with van der Waals surface area (Å²) < 4.78 is 0. The van der Waals surface area contributed by atoms with Crippen molar-refractivity contribution in [2.75, 3.05) is 0 Å². The van der Waals surface area contributed by atoms with E-state index in [4.69, 9.17) is 0 Å². The van der Waals surface area contributed by atoms with Gasteiger partial charge in [0, 0.05) is 28.2 Å². The Balaban J connectivity index is 1.90. The zero-order chi connectivity index (χ0) is 15.8. The smallest absolute Gasteiger partial charge is 0.149 e. The molecule has 5 heteroatoms. The van der Waals surface area contributed by atoms with Gasteiger partial charge in [0.1, 0.15) is 17.6 Å². The Kier molecular flexibility index (Phi) is 3.20. The summed E-state index contributed by atoms with van der Waals surface area (Å²) in [6.45, 7) is 1.74. The minimum atomic E-state index is -0.397. The van der Waals surface area contributed by atoms with Gasteiger partial charge in [0.05, 0.1) is 0 Å². The summed E-state index contributed by atoms with van der Waals surface area (Å²) in [5.41, 5.74) is 3.67. The molecule has 1 aliphatic heterocycles. The average molecular weight is 304 g/mol. The third-order valence-corrected chi connectivity index (χ3v) is 4.12. The molecule has 0 radical (unpaired) electrons. The van der Waals surface area contributed by atoms with Gasteiger partial charge in [-0.15, -0.1) is 5.10 Å². The molecule has 0 bridgehead atoms. The molecule has 0 fully saturated rings. The van der Waals surface area contributed by atoms with Crippen LogP contribution in [0.15, 0.2) is 71.0 Å². The van der Waals surface area contributed by atoms with Crippen molar-refractivity contribution in [1.82, 2.24) is 10.0 Å². The Hall–Kier alpha value is -2.92. The number of H-pyrrole nitrogens is 1. The summed E-state index contributed by atoms with van der Waals surface area (Å²) in [6.07, 6.45) is 1.93. The molecule has 2 N–H and O–H groups in total. The highest BCUT2D eigenvalue weighted by Crippen LogP contribution is 2.32. The van der Waals surface area contributed by atoms with Crippen LogP contribution in [0, 0.1) is 0 Å². The van der Waals surface area contributed by atoms with Gasteiger partial charge in [0.2, 0.25) is 0 Å². The van der Waals surface area contributed by atoms with Crippen molar-refractivity contribution in [1.29, 1.82) is 0 Å². The molecule has 0 saturated carbocycles. The number of nitrogens with one attached hydrogen (secondary N) is 1. The number of aromatic amines is 1. The number of fused-ring (bicyclic) bond motifs is 1. The van der Waals surface area contributed by atoms with Crippen LogP contribution in [-0.4, -0.2) is 26.8 Å². The summed E-state index contributed by atoms with van der Waals surface area (Å²) >= 11 is 0. The molecule has 4 rings (SSSR count). The van der Waals surface area contributed by atoms with Crippen molar-refractivity contribution in [3.8, 4) is 0 Å². The molecule has 2 aromatic carbocycles. The van der Waals surface area contributed by atoms with Gasteiger partial charge in [0.25, 0.3) is 0 Å². The predicted octanol–water partition coefficient (Wildman–Crippen LogP) is 3.74. The van der Waals surface area contributed by atoms with E-state index in [0.717, 1.165) is 27.7 Å². The minimum Gasteiger partial charge on any atom is -0.361 e. The average Bonchev–Trinajstić information content (AvgIpc) is 3.02. The van der Waals surface area contributed by atoms with Crippen LogP contribution in [0.1, 0.15) is 24.1 Å². The number of nitrogens with zero attached hydrogens (tertiary/aromatic N) is 3. The lowest BCUT2D eigenvalue weighted by Crippen LogP contribution is -2.37. The molecule has 2 heterocycles. The van der Waals surface area contributed by atoms with Crippen molar-refractivity contribution >= 4 is 22.5 Å². The van der Waals surface area contributed by atoms with Crippen molar-refractivity contribution in [2.45, 2.75) is 13.0 Å². The van der Waals surface area contributed by atoms with Gasteiger partial charge in [-0.2, -0.15) is 5.10 Å². The number of aromatic nitrogens is 1. The lowest BCUT2D eigenvalue weighted by atomic mass is 9.95. The van der Waals surface area contributed by atoms with Crippen LogP contribution in [0.4, 0.5) is 0 Å². The zero-order valence-corrected chi connectivity index (χ0v) is 12.6. The molecule has 1 aliphatic rings. The van der Waals surface area contributed by atoms with E-state index in [0.29, 0.717) is 5.84 Å². The maximum atomic E-state index is 10.6. The molecular formula is C18H16N4O. The predicted molar refractivity (Wildman–Crippen MR) is 90.8 cm³/mol. The quantitative estimate of drug-likeness (QED) is 0.757. The summed E-state index contributed by atoms with van der Waals surface area (Å²) in [5, 5.41) is 21.3. The van der Waals surface area contributed by atoms with E-state index in [1.165, 1.54) is 5.06 Å². The number of benzene rings is 2. The topological polar surface area (TPSA) is 64.0 Å². The van der Waals surface area contributed by atoms with Crippen LogP contribution < -0.4 is 0 Å². The molecule has 0 saturated heterocycles. The van der Waals surface area contributed by atoms with Crippen LogP contribution in [0.2, 0.25) is 0 Å². The summed E-state index contributed by atoms with van der Waals surface area (Å²) in [4.78, 5) is 3.26. The van der Waals surface area contributed by atoms with Gasteiger partial charge in [-0.3, -0.25) is 5.21 Å². The fourth-order valence-electron chi connectivity index (χ4n) is 2.95. The lowest BCUT2D eigenvalue weighted by molar-refractivity contribution is -0.0357. The number of hydrogen-bond acceptors (Lipinski definition) is 4. The first-order valence-corrected chi connectivity index (χ1v) is 7.47. The Labute approximate surface area is 133 Å². The van der Waals surface area contributed by atoms with Crippen molar-refractivity contribution in [3.05, 3.63) is 71.9 Å². The fourth-order valence-corrected chi connectivity index (χ4v) is 2.95. The third kappa shape index (κ3) is 2.22. The highest BCUT2D eigenvalue weighted by atomic mass is 16.5. The van der Waals surface area contributed by atoms with E-state index in [2.05, 4.69) is 15.2 Å². The van der Waals surface area contributed by atoms with Crippen LogP contribution in [0.3, 0.4) is 0 Å². The molecule has 3 aromatic rings. The highest BCUT2D eigenvalue weighted by Gasteiger charge is 2.32. The van der Waals surface area contributed by atoms with Gasteiger partial charge in [-0.1, -0.05) is 48.5 Å². The van der Waals surface area contributed by atoms with Gasteiger partial charge in [-0.05, 0) is 13.0 Å². The van der Waals surface area contributed by atoms with Gasteiger partial charge in [-0.25, -0.2) is 5.06 Å². The molecule has 1 atom stereocenters. The second-order valence-electron chi connectivity index (χ2n) is 5.54. The number of hydrogen-bond donors (Lipinski definition) is 2. The second kappa shape index (κ2) is 5.37. The van der Waals surface area contributed by atoms with Gasteiger partial charge < -0.3 is 4.98 Å². The molecule has 0 unspecified atom stereocenters. The standard InChI is InChI=1S/C18H16N4O/c1-12-20-21-17(13-7-3-2-4-8-13)18(22(12)23)15-11-19-16-10-6-5-9-14(15)16/h2-11,18-19,23H,1H3/t18-/m1/s1. The Bertz CT molecular complexity index is 911. The van der Waals surface area contributed by atoms with E-state index >= 15 is 0 Å². The molecule has 5 nitrogen and oxygen atoms in total. The fraction of sp³-hybridized carbons (Fsp3) is 0.111. The van der Waals surface area contributed by atoms with E-state index < -0.39 is 6.04 Å². The number of hydroxylamine groups is 2. The van der Waals surface area contributed by atoms with Gasteiger partial charge in [0.15, 0.2) is 0 Å². The molecule has 0 aliphatic carbocycles. The van der Waals surface area contributed by atoms with Crippen LogP contribution in [0.5, 0.6) is 0 Å². The summed E-state index contributed by atoms with van der Waals surface area (Å²) in [5.74, 6) is 0.472. The maximum absolute atomic E-state index is 10.6. The highest BCUT2D eigenvalue weighted by molar-refractivity contribution is 6.09. The number of para-hydroxylation sites is 1. The summed E-state index contributed by atoms with van der Waals surface area (Å²) in [7, 11) is 0. The Morgan fingerprint density at radius 1 is 1.00 bits per heavy atom. The molecular weight excluding hydrogens is 288 g/mol. The third-order valence-electron chi connectivity index (χ3n) is 4.12. The van der Waals surface area contributed by atoms with E-state index in [1.807, 2.05) is 60.8 Å². The van der Waals surface area contributed by atoms with Crippen molar-refractivity contribution < 1.29 is 5.21 Å². The maximum Gasteiger partial charge on any atom is 0.149 e. The van der Waals surface area contributed by atoms with Crippen LogP contribution in [0.25, 0.3) is 10.9 Å². The Morgan fingerprint density at radius 3 is 2.57 bits per heavy atom. The largest absolute Gasteiger partial charge is 0.361 e. The lowest BCUT2D eigenvalue weighted by Gasteiger charge is -2.30. The number of amidine groups is 1. The van der Waals surface area contributed by atoms with Crippen LogP contribution in [-0.2, 0) is 0 Å². The van der Waals surface area contributed by atoms with E-state index in [-0.39, 0.29) is 0 Å². The second-order valence-corrected chi connectivity index (χ2v) is 5.54. The minimum absolute atomic E-state index is 0.397. The molecule has 23 heavy (non-hydrogen) atoms. The molecule has 1 aromatic heterocycles. The molecule has 114 valence electrons. The Morgan fingerprint density at radius 2 is 1.74 bits per heavy atom. The summed E-state index contributed by atoms with van der Waals surface area (Å²) in [6, 6.07) is 17.5. The van der Waals surface area contributed by atoms with Gasteiger partial charge >= 0.3 is 0 Å². The first-order chi connectivity index (χ1) is 11.3. The first-order valence-electron chi connectivity index (χ1n) is 7.47. The normalized spacial score (nSPS) is 18.0. The molecule has 0 amide bonds. The first kappa shape index (κ1) is 13.7. The number of rotatable bonds is 2. The van der Waals surface area contributed by atoms with Crippen molar-refractivity contribution in [2.24, 2.45) is 10.2 Å².